The monoisotopic (exact) mass is 250 g/mol. The molecule has 0 bridgehead atoms. The summed E-state index contributed by atoms with van der Waals surface area (Å²) in [7, 11) is 0. The van der Waals surface area contributed by atoms with Gasteiger partial charge in [-0.1, -0.05) is 19.9 Å². The Bertz CT molecular complexity index is 350. The van der Waals surface area contributed by atoms with Crippen molar-refractivity contribution < 1.29 is 0 Å². The molecule has 1 saturated heterocycles. The van der Waals surface area contributed by atoms with Crippen molar-refractivity contribution in [1.82, 2.24) is 10.3 Å². The molecule has 2 heterocycles. The zero-order chi connectivity index (χ0) is 12.3. The lowest BCUT2D eigenvalue weighted by Crippen LogP contribution is -2.47. The molecule has 1 aliphatic rings. The average molecular weight is 250 g/mol. The number of hydrogen-bond donors (Lipinski definition) is 1. The molecule has 2 atom stereocenters. The van der Waals surface area contributed by atoms with Crippen LogP contribution in [0.3, 0.4) is 0 Å². The van der Waals surface area contributed by atoms with Crippen LogP contribution in [0.1, 0.15) is 38.9 Å². The number of nitrogens with one attached hydrogen (secondary N) is 1. The first-order valence-electron chi connectivity index (χ1n) is 6.34. The predicted molar refractivity (Wildman–Crippen MR) is 75.3 cm³/mol. The van der Waals surface area contributed by atoms with Gasteiger partial charge in [-0.25, -0.2) is 0 Å². The number of pyridine rings is 1. The van der Waals surface area contributed by atoms with E-state index in [4.69, 9.17) is 0 Å². The summed E-state index contributed by atoms with van der Waals surface area (Å²) < 4.78 is 0. The predicted octanol–water partition coefficient (Wildman–Crippen LogP) is 3.26. The molecule has 1 aliphatic heterocycles. The minimum atomic E-state index is 0.333. The van der Waals surface area contributed by atoms with Crippen molar-refractivity contribution in [1.29, 1.82) is 0 Å². The van der Waals surface area contributed by atoms with Gasteiger partial charge in [0.15, 0.2) is 0 Å². The van der Waals surface area contributed by atoms with Crippen LogP contribution in [-0.4, -0.2) is 22.5 Å². The Kier molecular flexibility index (Phi) is 4.10. The molecule has 0 amide bonds. The highest BCUT2D eigenvalue weighted by atomic mass is 32.2. The molecule has 0 aromatic carbocycles. The second-order valence-corrected chi connectivity index (χ2v) is 6.66. The smallest absolute Gasteiger partial charge is 0.0570 e. The number of thioether (sulfide) groups is 1. The van der Waals surface area contributed by atoms with E-state index in [-0.39, 0.29) is 0 Å². The van der Waals surface area contributed by atoms with Crippen LogP contribution in [0.5, 0.6) is 0 Å². The minimum Gasteiger partial charge on any atom is -0.305 e. The molecule has 2 rings (SSSR count). The second-order valence-electron chi connectivity index (χ2n) is 5.51. The quantitative estimate of drug-likeness (QED) is 0.891. The van der Waals surface area contributed by atoms with E-state index in [1.54, 1.807) is 0 Å². The van der Waals surface area contributed by atoms with Crippen LogP contribution in [0.15, 0.2) is 24.4 Å². The molecule has 17 heavy (non-hydrogen) atoms. The molecule has 2 nitrogen and oxygen atoms in total. The van der Waals surface area contributed by atoms with Crippen LogP contribution in [0, 0.1) is 5.41 Å². The Morgan fingerprint density at radius 1 is 1.47 bits per heavy atom. The van der Waals surface area contributed by atoms with E-state index in [0.29, 0.717) is 17.5 Å². The van der Waals surface area contributed by atoms with Gasteiger partial charge in [-0.3, -0.25) is 4.98 Å². The SMILES string of the molecule is C[C@@H](NC1CSCCC1(C)C)c1ccccn1. The summed E-state index contributed by atoms with van der Waals surface area (Å²) in [5.41, 5.74) is 1.53. The fraction of sp³-hybridized carbons (Fsp3) is 0.643. The molecular weight excluding hydrogens is 228 g/mol. The van der Waals surface area contributed by atoms with Gasteiger partial charge in [-0.2, -0.15) is 11.8 Å². The van der Waals surface area contributed by atoms with E-state index in [0.717, 1.165) is 5.69 Å². The van der Waals surface area contributed by atoms with E-state index in [9.17, 15) is 0 Å². The molecular formula is C14H22N2S. The Morgan fingerprint density at radius 2 is 2.29 bits per heavy atom. The van der Waals surface area contributed by atoms with Gasteiger partial charge >= 0.3 is 0 Å². The standard InChI is InChI=1S/C14H22N2S/c1-11(12-6-4-5-8-15-12)16-13-10-17-9-7-14(13,2)3/h4-6,8,11,13,16H,7,9-10H2,1-3H3/t11-,13?/m1/s1. The van der Waals surface area contributed by atoms with Crippen molar-refractivity contribution in [3.63, 3.8) is 0 Å². The summed E-state index contributed by atoms with van der Waals surface area (Å²) >= 11 is 2.06. The summed E-state index contributed by atoms with van der Waals surface area (Å²) in [4.78, 5) is 4.42. The van der Waals surface area contributed by atoms with Crippen LogP contribution >= 0.6 is 11.8 Å². The third-order valence-corrected chi connectivity index (χ3v) is 4.76. The molecule has 0 radical (unpaired) electrons. The zero-order valence-corrected chi connectivity index (χ0v) is 11.8. The van der Waals surface area contributed by atoms with Crippen molar-refractivity contribution in [2.75, 3.05) is 11.5 Å². The molecule has 1 fully saturated rings. The maximum Gasteiger partial charge on any atom is 0.0570 e. The van der Waals surface area contributed by atoms with Gasteiger partial charge in [0.05, 0.1) is 5.69 Å². The number of nitrogens with zero attached hydrogens (tertiary/aromatic N) is 1. The highest BCUT2D eigenvalue weighted by Crippen LogP contribution is 2.35. The highest BCUT2D eigenvalue weighted by Gasteiger charge is 2.33. The van der Waals surface area contributed by atoms with Gasteiger partial charge in [0.25, 0.3) is 0 Å². The summed E-state index contributed by atoms with van der Waals surface area (Å²) in [6.07, 6.45) is 3.17. The Hall–Kier alpha value is -0.540. The first-order chi connectivity index (χ1) is 8.09. The van der Waals surface area contributed by atoms with Gasteiger partial charge in [-0.05, 0) is 36.6 Å². The first kappa shape index (κ1) is 12.9. The van der Waals surface area contributed by atoms with Crippen LogP contribution < -0.4 is 5.32 Å². The lowest BCUT2D eigenvalue weighted by atomic mass is 9.82. The molecule has 1 aromatic heterocycles. The second kappa shape index (κ2) is 5.40. The third kappa shape index (κ3) is 3.23. The van der Waals surface area contributed by atoms with E-state index in [1.807, 2.05) is 12.3 Å². The lowest BCUT2D eigenvalue weighted by Gasteiger charge is -2.40. The maximum absolute atomic E-state index is 4.42. The normalized spacial score (nSPS) is 25.5. The summed E-state index contributed by atoms with van der Waals surface area (Å²) in [5, 5.41) is 3.74. The average Bonchev–Trinajstić information content (AvgIpc) is 2.33. The van der Waals surface area contributed by atoms with Gasteiger partial charge in [0.1, 0.15) is 0 Å². The van der Waals surface area contributed by atoms with Crippen LogP contribution in [0.4, 0.5) is 0 Å². The summed E-state index contributed by atoms with van der Waals surface area (Å²) in [6, 6.07) is 7.04. The minimum absolute atomic E-state index is 0.333. The van der Waals surface area contributed by atoms with Crippen molar-refractivity contribution in [2.45, 2.75) is 39.3 Å². The molecule has 1 unspecified atom stereocenters. The Labute approximate surface area is 109 Å². The van der Waals surface area contributed by atoms with Crippen molar-refractivity contribution in [3.05, 3.63) is 30.1 Å². The van der Waals surface area contributed by atoms with Gasteiger partial charge < -0.3 is 5.32 Å². The van der Waals surface area contributed by atoms with E-state index < -0.39 is 0 Å². The summed E-state index contributed by atoms with van der Waals surface area (Å²) in [5.74, 6) is 2.51. The van der Waals surface area contributed by atoms with E-state index in [1.165, 1.54) is 17.9 Å². The van der Waals surface area contributed by atoms with Crippen molar-refractivity contribution in [2.24, 2.45) is 5.41 Å². The van der Waals surface area contributed by atoms with Crippen molar-refractivity contribution in [3.8, 4) is 0 Å². The molecule has 0 aliphatic carbocycles. The molecule has 94 valence electrons. The largest absolute Gasteiger partial charge is 0.305 e. The lowest BCUT2D eigenvalue weighted by molar-refractivity contribution is 0.231. The van der Waals surface area contributed by atoms with Gasteiger partial charge in [0, 0.05) is 24.0 Å². The van der Waals surface area contributed by atoms with Crippen LogP contribution in [0.2, 0.25) is 0 Å². The molecule has 0 spiro atoms. The maximum atomic E-state index is 4.42. The van der Waals surface area contributed by atoms with Crippen molar-refractivity contribution >= 4 is 11.8 Å². The van der Waals surface area contributed by atoms with Crippen LogP contribution in [0.25, 0.3) is 0 Å². The van der Waals surface area contributed by atoms with E-state index >= 15 is 0 Å². The topological polar surface area (TPSA) is 24.9 Å². The third-order valence-electron chi connectivity index (χ3n) is 3.70. The Balaban J connectivity index is 2.00. The highest BCUT2D eigenvalue weighted by molar-refractivity contribution is 7.99. The fourth-order valence-corrected chi connectivity index (χ4v) is 3.85. The summed E-state index contributed by atoms with van der Waals surface area (Å²) in [6.45, 7) is 6.95. The van der Waals surface area contributed by atoms with Gasteiger partial charge in [0.2, 0.25) is 0 Å². The zero-order valence-electron chi connectivity index (χ0n) is 10.9. The van der Waals surface area contributed by atoms with E-state index in [2.05, 4.69) is 55.0 Å². The molecule has 1 aromatic rings. The number of hydrogen-bond acceptors (Lipinski definition) is 3. The molecule has 3 heteroatoms. The van der Waals surface area contributed by atoms with Gasteiger partial charge in [-0.15, -0.1) is 0 Å². The number of aromatic nitrogens is 1. The first-order valence-corrected chi connectivity index (χ1v) is 7.50. The van der Waals surface area contributed by atoms with Crippen LogP contribution in [-0.2, 0) is 0 Å². The molecule has 0 saturated carbocycles. The Morgan fingerprint density at radius 3 is 2.94 bits per heavy atom. The fourth-order valence-electron chi connectivity index (χ4n) is 2.23. The molecule has 1 N–H and O–H groups in total. The number of rotatable bonds is 3.